The van der Waals surface area contributed by atoms with Gasteiger partial charge in [0, 0.05) is 6.42 Å². The number of hydrogen-bond acceptors (Lipinski definition) is 3. The first-order valence-electron chi connectivity index (χ1n) is 4.76. The van der Waals surface area contributed by atoms with Crippen molar-refractivity contribution in [1.29, 1.82) is 0 Å². The molecule has 0 heterocycles. The molecular weight excluding hydrogens is 192 g/mol. The van der Waals surface area contributed by atoms with Crippen molar-refractivity contribution in [3.05, 3.63) is 43.0 Å². The molecule has 0 fully saturated rings. The molecule has 0 aliphatic heterocycles. The summed E-state index contributed by atoms with van der Waals surface area (Å²) in [5.41, 5.74) is 0. The molecule has 3 heteroatoms. The summed E-state index contributed by atoms with van der Waals surface area (Å²) < 4.78 is 9.90. The quantitative estimate of drug-likeness (QED) is 0.431. The van der Waals surface area contributed by atoms with Crippen LogP contribution in [0.4, 0.5) is 4.79 Å². The van der Waals surface area contributed by atoms with Gasteiger partial charge in [-0.2, -0.15) is 0 Å². The van der Waals surface area contributed by atoms with Crippen LogP contribution in [0.1, 0.15) is 13.3 Å². The Morgan fingerprint density at radius 2 is 2.13 bits per heavy atom. The van der Waals surface area contributed by atoms with Gasteiger partial charge in [-0.25, -0.2) is 4.79 Å². The molecule has 1 rings (SSSR count). The van der Waals surface area contributed by atoms with E-state index in [2.05, 4.69) is 6.58 Å². The molecule has 1 atom stereocenters. The summed E-state index contributed by atoms with van der Waals surface area (Å²) in [5.74, 6) is 0.480. The van der Waals surface area contributed by atoms with E-state index in [4.69, 9.17) is 9.47 Å². The highest BCUT2D eigenvalue weighted by Gasteiger charge is 2.09. The van der Waals surface area contributed by atoms with Gasteiger partial charge in [0.15, 0.2) is 0 Å². The summed E-state index contributed by atoms with van der Waals surface area (Å²) in [7, 11) is 0. The summed E-state index contributed by atoms with van der Waals surface area (Å²) >= 11 is 0. The third kappa shape index (κ3) is 4.31. The van der Waals surface area contributed by atoms with Crippen LogP contribution in [0.3, 0.4) is 0 Å². The summed E-state index contributed by atoms with van der Waals surface area (Å²) in [6.07, 6.45) is 1.42. The fraction of sp³-hybridized carbons (Fsp3) is 0.250. The van der Waals surface area contributed by atoms with Crippen LogP contribution in [0.15, 0.2) is 43.0 Å². The van der Waals surface area contributed by atoms with Gasteiger partial charge in [0.2, 0.25) is 0 Å². The van der Waals surface area contributed by atoms with Gasteiger partial charge in [0.05, 0.1) is 0 Å². The lowest BCUT2D eigenvalue weighted by Gasteiger charge is -2.10. The highest BCUT2D eigenvalue weighted by molar-refractivity contribution is 5.63. The smallest absolute Gasteiger partial charge is 0.431 e. The van der Waals surface area contributed by atoms with Crippen LogP contribution in [0.25, 0.3) is 0 Å². The Morgan fingerprint density at radius 3 is 2.73 bits per heavy atom. The number of ether oxygens (including phenoxy) is 2. The third-order valence-corrected chi connectivity index (χ3v) is 1.74. The zero-order valence-electron chi connectivity index (χ0n) is 8.68. The van der Waals surface area contributed by atoms with Crippen LogP contribution in [0.5, 0.6) is 5.75 Å². The van der Waals surface area contributed by atoms with Crippen molar-refractivity contribution in [2.24, 2.45) is 0 Å². The van der Waals surface area contributed by atoms with E-state index in [-0.39, 0.29) is 6.10 Å². The summed E-state index contributed by atoms with van der Waals surface area (Å²) in [5, 5.41) is 0. The van der Waals surface area contributed by atoms with Gasteiger partial charge in [-0.3, -0.25) is 0 Å². The standard InChI is InChI=1S/C12H14O3/c1-3-7-10(2)14-12(13)15-11-8-5-4-6-9-11/h3-6,8-10H,1,7H2,2H3. The first-order valence-corrected chi connectivity index (χ1v) is 4.76. The molecule has 0 spiro atoms. The van der Waals surface area contributed by atoms with Crippen molar-refractivity contribution < 1.29 is 14.3 Å². The molecule has 1 unspecified atom stereocenters. The second-order valence-corrected chi connectivity index (χ2v) is 3.12. The Balaban J connectivity index is 2.39. The van der Waals surface area contributed by atoms with Gasteiger partial charge < -0.3 is 9.47 Å². The predicted octanol–water partition coefficient (Wildman–Crippen LogP) is 3.17. The molecule has 0 bridgehead atoms. The summed E-state index contributed by atoms with van der Waals surface area (Å²) in [6, 6.07) is 8.81. The van der Waals surface area contributed by atoms with Crippen LogP contribution in [-0.4, -0.2) is 12.3 Å². The summed E-state index contributed by atoms with van der Waals surface area (Å²) in [4.78, 5) is 11.2. The van der Waals surface area contributed by atoms with Crippen molar-refractivity contribution in [1.82, 2.24) is 0 Å². The van der Waals surface area contributed by atoms with E-state index in [1.54, 1.807) is 37.3 Å². The van der Waals surface area contributed by atoms with Crippen molar-refractivity contribution in [2.75, 3.05) is 0 Å². The highest BCUT2D eigenvalue weighted by atomic mass is 16.7. The maximum atomic E-state index is 11.2. The van der Waals surface area contributed by atoms with Gasteiger partial charge >= 0.3 is 6.16 Å². The Morgan fingerprint density at radius 1 is 1.47 bits per heavy atom. The van der Waals surface area contributed by atoms with Gasteiger partial charge in [0.1, 0.15) is 11.9 Å². The fourth-order valence-electron chi connectivity index (χ4n) is 1.06. The van der Waals surface area contributed by atoms with E-state index < -0.39 is 6.16 Å². The van der Waals surface area contributed by atoms with Gasteiger partial charge in [-0.1, -0.05) is 24.3 Å². The molecule has 0 amide bonds. The Labute approximate surface area is 89.3 Å². The van der Waals surface area contributed by atoms with Crippen molar-refractivity contribution in [3.8, 4) is 5.75 Å². The molecule has 0 radical (unpaired) electrons. The lowest BCUT2D eigenvalue weighted by molar-refractivity contribution is 0.0670. The molecule has 0 aliphatic carbocycles. The minimum absolute atomic E-state index is 0.210. The van der Waals surface area contributed by atoms with E-state index in [0.717, 1.165) is 0 Å². The lowest BCUT2D eigenvalue weighted by Crippen LogP contribution is -2.17. The molecule has 80 valence electrons. The normalized spacial score (nSPS) is 11.5. The van der Waals surface area contributed by atoms with Crippen LogP contribution in [-0.2, 0) is 4.74 Å². The van der Waals surface area contributed by atoms with E-state index in [0.29, 0.717) is 12.2 Å². The molecule has 0 saturated heterocycles. The average molecular weight is 206 g/mol. The number of hydrogen-bond donors (Lipinski definition) is 0. The largest absolute Gasteiger partial charge is 0.514 e. The highest BCUT2D eigenvalue weighted by Crippen LogP contribution is 2.10. The SMILES string of the molecule is C=CCC(C)OC(=O)Oc1ccccc1. The summed E-state index contributed by atoms with van der Waals surface area (Å²) in [6.45, 7) is 5.35. The van der Waals surface area contributed by atoms with Crippen molar-refractivity contribution in [2.45, 2.75) is 19.4 Å². The molecule has 0 aromatic heterocycles. The third-order valence-electron chi connectivity index (χ3n) is 1.74. The van der Waals surface area contributed by atoms with Crippen LogP contribution < -0.4 is 4.74 Å². The number of benzene rings is 1. The molecule has 0 saturated carbocycles. The topological polar surface area (TPSA) is 35.5 Å². The maximum absolute atomic E-state index is 11.2. The lowest BCUT2D eigenvalue weighted by atomic mass is 10.3. The Kier molecular flexibility index (Phi) is 4.41. The van der Waals surface area contributed by atoms with Gasteiger partial charge in [0.25, 0.3) is 0 Å². The minimum atomic E-state index is -0.685. The van der Waals surface area contributed by atoms with E-state index in [1.807, 2.05) is 6.07 Å². The zero-order valence-corrected chi connectivity index (χ0v) is 8.68. The molecule has 3 nitrogen and oxygen atoms in total. The minimum Gasteiger partial charge on any atom is -0.431 e. The van der Waals surface area contributed by atoms with Crippen LogP contribution >= 0.6 is 0 Å². The maximum Gasteiger partial charge on any atom is 0.514 e. The number of rotatable bonds is 4. The molecule has 0 aliphatic rings. The number of carbonyl (C=O) groups is 1. The second kappa shape index (κ2) is 5.86. The number of carbonyl (C=O) groups excluding carboxylic acids is 1. The van der Waals surface area contributed by atoms with Crippen LogP contribution in [0.2, 0.25) is 0 Å². The molecule has 15 heavy (non-hydrogen) atoms. The molecule has 0 N–H and O–H groups in total. The zero-order chi connectivity index (χ0) is 11.1. The molecule has 1 aromatic carbocycles. The van der Waals surface area contributed by atoms with Gasteiger partial charge in [-0.15, -0.1) is 6.58 Å². The van der Waals surface area contributed by atoms with Crippen molar-refractivity contribution >= 4 is 6.16 Å². The van der Waals surface area contributed by atoms with Gasteiger partial charge in [-0.05, 0) is 19.1 Å². The fourth-order valence-corrected chi connectivity index (χ4v) is 1.06. The first kappa shape index (κ1) is 11.3. The van der Waals surface area contributed by atoms with E-state index in [1.165, 1.54) is 0 Å². The van der Waals surface area contributed by atoms with E-state index in [9.17, 15) is 4.79 Å². The van der Waals surface area contributed by atoms with E-state index >= 15 is 0 Å². The second-order valence-electron chi connectivity index (χ2n) is 3.12. The average Bonchev–Trinajstić information content (AvgIpc) is 2.19. The predicted molar refractivity (Wildman–Crippen MR) is 57.8 cm³/mol. The Bertz CT molecular complexity index is 319. The monoisotopic (exact) mass is 206 g/mol. The Hall–Kier alpha value is -1.77. The first-order chi connectivity index (χ1) is 7.22. The molecule has 1 aromatic rings. The molecular formula is C12H14O3. The number of para-hydroxylation sites is 1. The van der Waals surface area contributed by atoms with Crippen LogP contribution in [0, 0.1) is 0 Å². The van der Waals surface area contributed by atoms with Crippen molar-refractivity contribution in [3.63, 3.8) is 0 Å².